The van der Waals surface area contributed by atoms with Crippen molar-refractivity contribution in [3.05, 3.63) is 0 Å². The fraction of sp³-hybridized carbons (Fsp3) is 0.857. The van der Waals surface area contributed by atoms with Crippen molar-refractivity contribution in [1.82, 2.24) is 0 Å². The highest BCUT2D eigenvalue weighted by molar-refractivity contribution is 5.80. The van der Waals surface area contributed by atoms with E-state index in [-0.39, 0.29) is 11.4 Å². The second kappa shape index (κ2) is 4.25. The molecule has 0 amide bonds. The van der Waals surface area contributed by atoms with E-state index in [2.05, 4.69) is 0 Å². The van der Waals surface area contributed by atoms with Crippen LogP contribution in [0.25, 0.3) is 0 Å². The van der Waals surface area contributed by atoms with E-state index in [9.17, 15) is 9.59 Å². The van der Waals surface area contributed by atoms with Gasteiger partial charge in [0.2, 0.25) is 0 Å². The predicted molar refractivity (Wildman–Crippen MR) is 63.8 cm³/mol. The van der Waals surface area contributed by atoms with Crippen LogP contribution in [0, 0.1) is 23.2 Å². The minimum Gasteiger partial charge on any atom is -0.479 e. The number of esters is 1. The van der Waals surface area contributed by atoms with E-state index in [1.54, 1.807) is 0 Å². The van der Waals surface area contributed by atoms with Crippen molar-refractivity contribution in [2.75, 3.05) is 6.61 Å². The molecule has 4 unspecified atom stereocenters. The highest BCUT2D eigenvalue weighted by Crippen LogP contribution is 2.58. The summed E-state index contributed by atoms with van der Waals surface area (Å²) in [5.41, 5.74) is -0.347. The zero-order valence-corrected chi connectivity index (χ0v) is 10.6. The molecule has 18 heavy (non-hydrogen) atoms. The molecule has 3 aliphatic carbocycles. The molecule has 4 atom stereocenters. The first kappa shape index (κ1) is 12.0. The summed E-state index contributed by atoms with van der Waals surface area (Å²) in [6.07, 6.45) is 7.74. The van der Waals surface area contributed by atoms with E-state index >= 15 is 0 Å². The van der Waals surface area contributed by atoms with Gasteiger partial charge in [0.25, 0.3) is 0 Å². The second-order valence-corrected chi connectivity index (χ2v) is 6.40. The van der Waals surface area contributed by atoms with Crippen molar-refractivity contribution >= 4 is 11.9 Å². The van der Waals surface area contributed by atoms with Gasteiger partial charge >= 0.3 is 11.9 Å². The molecule has 0 heterocycles. The Morgan fingerprint density at radius 3 is 2.78 bits per heavy atom. The molecule has 0 aromatic carbocycles. The number of aliphatic carboxylic acids is 1. The third kappa shape index (κ3) is 1.91. The third-order valence-corrected chi connectivity index (χ3v) is 5.33. The average Bonchev–Trinajstić information content (AvgIpc) is 2.33. The molecule has 4 nitrogen and oxygen atoms in total. The zero-order chi connectivity index (χ0) is 12.8. The van der Waals surface area contributed by atoms with Crippen LogP contribution in [0.5, 0.6) is 0 Å². The number of carbonyl (C=O) groups is 2. The van der Waals surface area contributed by atoms with Gasteiger partial charge in [0, 0.05) is 0 Å². The lowest BCUT2D eigenvalue weighted by Gasteiger charge is -2.53. The Labute approximate surface area is 107 Å². The number of carboxylic acids is 1. The van der Waals surface area contributed by atoms with Crippen molar-refractivity contribution < 1.29 is 19.4 Å². The minimum atomic E-state index is -1.07. The largest absolute Gasteiger partial charge is 0.479 e. The van der Waals surface area contributed by atoms with E-state index in [0.29, 0.717) is 11.8 Å². The summed E-state index contributed by atoms with van der Waals surface area (Å²) in [6, 6.07) is 0. The normalized spacial score (nSPS) is 41.4. The summed E-state index contributed by atoms with van der Waals surface area (Å²) in [6.45, 7) is -0.487. The van der Waals surface area contributed by atoms with Crippen LogP contribution < -0.4 is 0 Å². The Balaban J connectivity index is 1.74. The van der Waals surface area contributed by atoms with Gasteiger partial charge in [-0.2, -0.15) is 0 Å². The van der Waals surface area contributed by atoms with Gasteiger partial charge in [-0.05, 0) is 56.3 Å². The SMILES string of the molecule is O=C(O)COC(=O)C12CCC3CCC(CC3C1)C2. The monoisotopic (exact) mass is 252 g/mol. The molecule has 0 radical (unpaired) electrons. The summed E-state index contributed by atoms with van der Waals surface area (Å²) in [4.78, 5) is 22.7. The van der Waals surface area contributed by atoms with Crippen molar-refractivity contribution in [1.29, 1.82) is 0 Å². The van der Waals surface area contributed by atoms with Crippen LogP contribution in [0.3, 0.4) is 0 Å². The lowest BCUT2D eigenvalue weighted by Crippen LogP contribution is -2.49. The number of carbonyl (C=O) groups excluding carboxylic acids is 1. The Kier molecular flexibility index (Phi) is 2.83. The van der Waals surface area contributed by atoms with Crippen LogP contribution in [-0.4, -0.2) is 23.7 Å². The molecule has 0 saturated heterocycles. The van der Waals surface area contributed by atoms with Crippen molar-refractivity contribution in [2.24, 2.45) is 23.2 Å². The standard InChI is InChI=1S/C14H20O4/c15-12(16)8-18-13(17)14-4-3-10-2-1-9(6-14)5-11(10)7-14/h9-11H,1-8H2,(H,15,16). The molecule has 3 rings (SSSR count). The van der Waals surface area contributed by atoms with Gasteiger partial charge in [-0.25, -0.2) is 4.79 Å². The van der Waals surface area contributed by atoms with Crippen LogP contribution in [0.1, 0.15) is 44.9 Å². The van der Waals surface area contributed by atoms with Gasteiger partial charge in [-0.3, -0.25) is 4.79 Å². The highest BCUT2D eigenvalue weighted by Gasteiger charge is 2.53. The Morgan fingerprint density at radius 2 is 2.00 bits per heavy atom. The summed E-state index contributed by atoms with van der Waals surface area (Å²) < 4.78 is 4.99. The molecule has 0 aliphatic heterocycles. The van der Waals surface area contributed by atoms with E-state index in [1.165, 1.54) is 19.3 Å². The van der Waals surface area contributed by atoms with Gasteiger partial charge in [-0.1, -0.05) is 6.42 Å². The molecule has 3 fully saturated rings. The fourth-order valence-electron chi connectivity index (χ4n) is 4.59. The second-order valence-electron chi connectivity index (χ2n) is 6.40. The number of rotatable bonds is 3. The van der Waals surface area contributed by atoms with Crippen LogP contribution in [0.15, 0.2) is 0 Å². The molecule has 0 spiro atoms. The Morgan fingerprint density at radius 1 is 1.17 bits per heavy atom. The Hall–Kier alpha value is -1.06. The molecule has 100 valence electrons. The van der Waals surface area contributed by atoms with Gasteiger partial charge in [0.15, 0.2) is 6.61 Å². The maximum absolute atomic E-state index is 12.2. The topological polar surface area (TPSA) is 63.6 Å². The van der Waals surface area contributed by atoms with Gasteiger partial charge in [-0.15, -0.1) is 0 Å². The first-order chi connectivity index (χ1) is 8.59. The molecule has 3 bridgehead atoms. The zero-order valence-electron chi connectivity index (χ0n) is 10.6. The van der Waals surface area contributed by atoms with E-state index in [4.69, 9.17) is 9.84 Å². The van der Waals surface area contributed by atoms with Crippen LogP contribution in [-0.2, 0) is 14.3 Å². The van der Waals surface area contributed by atoms with Crippen molar-refractivity contribution in [2.45, 2.75) is 44.9 Å². The van der Waals surface area contributed by atoms with E-state index < -0.39 is 12.6 Å². The minimum absolute atomic E-state index is 0.250. The lowest BCUT2D eigenvalue weighted by atomic mass is 9.51. The first-order valence-electron chi connectivity index (χ1n) is 6.98. The summed E-state index contributed by atoms with van der Waals surface area (Å²) in [5.74, 6) is 0.840. The predicted octanol–water partition coefficient (Wildman–Crippen LogP) is 2.22. The molecule has 3 aliphatic rings. The van der Waals surface area contributed by atoms with Crippen LogP contribution in [0.4, 0.5) is 0 Å². The molecular formula is C14H20O4. The molecular weight excluding hydrogens is 232 g/mol. The van der Waals surface area contributed by atoms with Gasteiger partial charge in [0.05, 0.1) is 5.41 Å². The third-order valence-electron chi connectivity index (χ3n) is 5.33. The summed E-state index contributed by atoms with van der Waals surface area (Å²) >= 11 is 0. The molecule has 3 saturated carbocycles. The number of carboxylic acid groups (broad SMARTS) is 1. The number of ether oxygens (including phenoxy) is 1. The number of hydrogen-bond acceptors (Lipinski definition) is 3. The van der Waals surface area contributed by atoms with Crippen LogP contribution >= 0.6 is 0 Å². The van der Waals surface area contributed by atoms with Gasteiger partial charge in [0.1, 0.15) is 0 Å². The number of fused-ring (bicyclic) bond motifs is 2. The van der Waals surface area contributed by atoms with Crippen LogP contribution in [0.2, 0.25) is 0 Å². The highest BCUT2D eigenvalue weighted by atomic mass is 16.6. The molecule has 0 aromatic rings. The molecule has 4 heteroatoms. The Bertz CT molecular complexity index is 374. The smallest absolute Gasteiger partial charge is 0.341 e. The number of hydrogen-bond donors (Lipinski definition) is 1. The van der Waals surface area contributed by atoms with Crippen molar-refractivity contribution in [3.8, 4) is 0 Å². The van der Waals surface area contributed by atoms with Crippen molar-refractivity contribution in [3.63, 3.8) is 0 Å². The first-order valence-corrected chi connectivity index (χ1v) is 6.98. The molecule has 0 aromatic heterocycles. The summed E-state index contributed by atoms with van der Waals surface area (Å²) in [5, 5.41) is 8.61. The van der Waals surface area contributed by atoms with Gasteiger partial charge < -0.3 is 9.84 Å². The van der Waals surface area contributed by atoms with E-state index in [1.807, 2.05) is 0 Å². The average molecular weight is 252 g/mol. The molecule has 1 N–H and O–H groups in total. The fourth-order valence-corrected chi connectivity index (χ4v) is 4.59. The lowest BCUT2D eigenvalue weighted by molar-refractivity contribution is -0.172. The maximum atomic E-state index is 12.2. The van der Waals surface area contributed by atoms with E-state index in [0.717, 1.165) is 31.6 Å². The summed E-state index contributed by atoms with van der Waals surface area (Å²) in [7, 11) is 0. The quantitative estimate of drug-likeness (QED) is 0.782. The maximum Gasteiger partial charge on any atom is 0.341 e.